The Morgan fingerprint density at radius 1 is 1.11 bits per heavy atom. The Kier molecular flexibility index (Phi) is 8.07. The van der Waals surface area contributed by atoms with E-state index >= 15 is 0 Å². The minimum absolute atomic E-state index is 0.797. The molecule has 1 rings (SSSR count). The van der Waals surface area contributed by atoms with Crippen LogP contribution in [0.1, 0.15) is 33.6 Å². The number of ether oxygens (including phenoxy) is 1. The lowest BCUT2D eigenvalue weighted by Gasteiger charge is -2.19. The molecule has 0 spiro atoms. The molecule has 0 radical (unpaired) electrons. The lowest BCUT2D eigenvalue weighted by Crippen LogP contribution is -2.28. The third-order valence-electron chi connectivity index (χ3n) is 3.28. The number of hydrogen-bond acceptors (Lipinski definition) is 3. The minimum atomic E-state index is 0.797. The molecule has 0 fully saturated rings. The van der Waals surface area contributed by atoms with Crippen LogP contribution < -0.4 is 10.1 Å². The third-order valence-corrected chi connectivity index (χ3v) is 3.28. The van der Waals surface area contributed by atoms with Crippen molar-refractivity contribution in [2.24, 2.45) is 0 Å². The zero-order chi connectivity index (χ0) is 13.9. The Morgan fingerprint density at radius 3 is 2.53 bits per heavy atom. The van der Waals surface area contributed by atoms with Gasteiger partial charge in [-0.1, -0.05) is 39.3 Å². The summed E-state index contributed by atoms with van der Waals surface area (Å²) < 4.78 is 5.81. The van der Waals surface area contributed by atoms with Crippen LogP contribution in [0, 0.1) is 0 Å². The number of hydrogen-bond donors (Lipinski definition) is 1. The second-order valence-electron chi connectivity index (χ2n) is 4.65. The number of likely N-dealkylation sites (N-methyl/N-ethyl adjacent to an activating group) is 1. The van der Waals surface area contributed by atoms with E-state index in [0.717, 1.165) is 57.1 Å². The number of anilines is 1. The van der Waals surface area contributed by atoms with Crippen molar-refractivity contribution < 1.29 is 4.74 Å². The molecule has 0 aromatic heterocycles. The summed E-state index contributed by atoms with van der Waals surface area (Å²) in [6.07, 6.45) is 2.27. The van der Waals surface area contributed by atoms with Gasteiger partial charge in [0.2, 0.25) is 0 Å². The topological polar surface area (TPSA) is 24.5 Å². The number of rotatable bonds is 10. The standard InChI is InChI=1S/C16H28N2O/c1-4-7-14-19-16-11-9-8-10-15(16)17-12-13-18(5-2)6-3/h8-11,17H,4-7,12-14H2,1-3H3. The van der Waals surface area contributed by atoms with Crippen LogP contribution in [0.25, 0.3) is 0 Å². The van der Waals surface area contributed by atoms with Gasteiger partial charge in [0.25, 0.3) is 0 Å². The Balaban J connectivity index is 2.43. The molecule has 1 aromatic carbocycles. The van der Waals surface area contributed by atoms with Crippen LogP contribution in [0.15, 0.2) is 24.3 Å². The molecule has 3 heteroatoms. The molecular formula is C16H28N2O. The molecule has 0 aliphatic rings. The number of unbranched alkanes of at least 4 members (excludes halogenated alkanes) is 1. The summed E-state index contributed by atoms with van der Waals surface area (Å²) in [4.78, 5) is 2.41. The van der Waals surface area contributed by atoms with Gasteiger partial charge in [-0.15, -0.1) is 0 Å². The summed E-state index contributed by atoms with van der Waals surface area (Å²) in [5, 5.41) is 3.47. The van der Waals surface area contributed by atoms with Crippen LogP contribution in [-0.4, -0.2) is 37.7 Å². The molecule has 0 atom stereocenters. The first-order valence-corrected chi connectivity index (χ1v) is 7.49. The highest BCUT2D eigenvalue weighted by Gasteiger charge is 2.03. The van der Waals surface area contributed by atoms with Gasteiger partial charge in [0.05, 0.1) is 12.3 Å². The third kappa shape index (κ3) is 5.97. The maximum absolute atomic E-state index is 5.81. The van der Waals surface area contributed by atoms with Crippen molar-refractivity contribution in [1.29, 1.82) is 0 Å². The molecule has 19 heavy (non-hydrogen) atoms. The minimum Gasteiger partial charge on any atom is -0.491 e. The van der Waals surface area contributed by atoms with Gasteiger partial charge in [0, 0.05) is 13.1 Å². The van der Waals surface area contributed by atoms with Crippen LogP contribution in [-0.2, 0) is 0 Å². The van der Waals surface area contributed by atoms with Crippen LogP contribution in [0.5, 0.6) is 5.75 Å². The highest BCUT2D eigenvalue weighted by Crippen LogP contribution is 2.23. The summed E-state index contributed by atoms with van der Waals surface area (Å²) in [5.41, 5.74) is 1.10. The van der Waals surface area contributed by atoms with E-state index in [4.69, 9.17) is 4.74 Å². The first-order chi connectivity index (χ1) is 9.31. The summed E-state index contributed by atoms with van der Waals surface area (Å²) in [7, 11) is 0. The molecule has 0 bridgehead atoms. The van der Waals surface area contributed by atoms with Gasteiger partial charge in [0.1, 0.15) is 5.75 Å². The normalized spacial score (nSPS) is 10.7. The molecule has 108 valence electrons. The van der Waals surface area contributed by atoms with E-state index in [2.05, 4.69) is 37.1 Å². The van der Waals surface area contributed by atoms with E-state index in [1.54, 1.807) is 0 Å². The maximum atomic E-state index is 5.81. The molecule has 0 unspecified atom stereocenters. The molecule has 0 aliphatic carbocycles. The number of nitrogens with zero attached hydrogens (tertiary/aromatic N) is 1. The van der Waals surface area contributed by atoms with E-state index in [1.807, 2.05) is 18.2 Å². The quantitative estimate of drug-likeness (QED) is 0.653. The summed E-state index contributed by atoms with van der Waals surface area (Å²) in [5.74, 6) is 0.968. The second-order valence-corrected chi connectivity index (χ2v) is 4.65. The van der Waals surface area contributed by atoms with Gasteiger partial charge < -0.3 is 15.0 Å². The van der Waals surface area contributed by atoms with E-state index in [0.29, 0.717) is 0 Å². The van der Waals surface area contributed by atoms with Crippen molar-refractivity contribution >= 4 is 5.69 Å². The monoisotopic (exact) mass is 264 g/mol. The summed E-state index contributed by atoms with van der Waals surface area (Å²) >= 11 is 0. The van der Waals surface area contributed by atoms with Crippen molar-refractivity contribution in [1.82, 2.24) is 4.90 Å². The van der Waals surface area contributed by atoms with Gasteiger partial charge in [0.15, 0.2) is 0 Å². The molecule has 1 N–H and O–H groups in total. The van der Waals surface area contributed by atoms with Crippen LogP contribution >= 0.6 is 0 Å². The molecule has 0 saturated heterocycles. The predicted octanol–water partition coefficient (Wildman–Crippen LogP) is 3.62. The van der Waals surface area contributed by atoms with Crippen molar-refractivity contribution in [3.05, 3.63) is 24.3 Å². The van der Waals surface area contributed by atoms with Crippen LogP contribution in [0.4, 0.5) is 5.69 Å². The highest BCUT2D eigenvalue weighted by atomic mass is 16.5. The largest absolute Gasteiger partial charge is 0.491 e. The first kappa shape index (κ1) is 15.8. The molecule has 0 amide bonds. The van der Waals surface area contributed by atoms with Crippen LogP contribution in [0.3, 0.4) is 0 Å². The second kappa shape index (κ2) is 9.68. The number of para-hydroxylation sites is 2. The molecule has 1 aromatic rings. The zero-order valence-electron chi connectivity index (χ0n) is 12.6. The first-order valence-electron chi connectivity index (χ1n) is 7.49. The number of nitrogens with one attached hydrogen (secondary N) is 1. The molecule has 0 heterocycles. The maximum Gasteiger partial charge on any atom is 0.142 e. The van der Waals surface area contributed by atoms with Crippen molar-refractivity contribution in [2.75, 3.05) is 38.1 Å². The van der Waals surface area contributed by atoms with Crippen molar-refractivity contribution in [3.8, 4) is 5.75 Å². The van der Waals surface area contributed by atoms with Crippen molar-refractivity contribution in [2.45, 2.75) is 33.6 Å². The van der Waals surface area contributed by atoms with Crippen molar-refractivity contribution in [3.63, 3.8) is 0 Å². The highest BCUT2D eigenvalue weighted by molar-refractivity contribution is 5.56. The van der Waals surface area contributed by atoms with Gasteiger partial charge >= 0.3 is 0 Å². The van der Waals surface area contributed by atoms with E-state index in [1.165, 1.54) is 0 Å². The smallest absolute Gasteiger partial charge is 0.142 e. The summed E-state index contributed by atoms with van der Waals surface area (Å²) in [6, 6.07) is 8.20. The Hall–Kier alpha value is -1.22. The van der Waals surface area contributed by atoms with E-state index < -0.39 is 0 Å². The van der Waals surface area contributed by atoms with Gasteiger partial charge in [-0.25, -0.2) is 0 Å². The van der Waals surface area contributed by atoms with Gasteiger partial charge in [-0.3, -0.25) is 0 Å². The molecule has 0 saturated carbocycles. The zero-order valence-corrected chi connectivity index (χ0v) is 12.6. The van der Waals surface area contributed by atoms with Crippen LogP contribution in [0.2, 0.25) is 0 Å². The fourth-order valence-electron chi connectivity index (χ4n) is 1.95. The Morgan fingerprint density at radius 2 is 1.84 bits per heavy atom. The van der Waals surface area contributed by atoms with E-state index in [-0.39, 0.29) is 0 Å². The lowest BCUT2D eigenvalue weighted by atomic mass is 10.3. The Bertz CT molecular complexity index is 337. The average molecular weight is 264 g/mol. The fourth-order valence-corrected chi connectivity index (χ4v) is 1.95. The predicted molar refractivity (Wildman–Crippen MR) is 83.1 cm³/mol. The molecule has 0 aliphatic heterocycles. The summed E-state index contributed by atoms with van der Waals surface area (Å²) in [6.45, 7) is 11.6. The van der Waals surface area contributed by atoms with E-state index in [9.17, 15) is 0 Å². The lowest BCUT2D eigenvalue weighted by molar-refractivity contribution is 0.308. The fraction of sp³-hybridized carbons (Fsp3) is 0.625. The number of benzene rings is 1. The molecule has 3 nitrogen and oxygen atoms in total. The van der Waals surface area contributed by atoms with Gasteiger partial charge in [-0.05, 0) is 31.6 Å². The van der Waals surface area contributed by atoms with Gasteiger partial charge in [-0.2, -0.15) is 0 Å². The Labute approximate surface area is 118 Å². The SMILES string of the molecule is CCCCOc1ccccc1NCCN(CC)CC. The average Bonchev–Trinajstić information content (AvgIpc) is 2.45. The molecular weight excluding hydrogens is 236 g/mol.